The van der Waals surface area contributed by atoms with Gasteiger partial charge in [0.05, 0.1) is 26.7 Å². The number of nitrogens with two attached hydrogens (primary N) is 1. The molecule has 0 saturated heterocycles. The Morgan fingerprint density at radius 2 is 1.92 bits per heavy atom. The lowest BCUT2D eigenvalue weighted by Crippen LogP contribution is -2.18. The lowest BCUT2D eigenvalue weighted by atomic mass is 9.89. The van der Waals surface area contributed by atoms with Gasteiger partial charge < -0.3 is 15.2 Å². The van der Waals surface area contributed by atoms with Gasteiger partial charge in [-0.3, -0.25) is 10.4 Å². The van der Waals surface area contributed by atoms with Crippen LogP contribution in [0.4, 0.5) is 0 Å². The van der Waals surface area contributed by atoms with E-state index in [9.17, 15) is 10.1 Å². The molecule has 11 nitrogen and oxygen atoms in total. The van der Waals surface area contributed by atoms with Crippen LogP contribution in [0, 0.1) is 16.7 Å². The summed E-state index contributed by atoms with van der Waals surface area (Å²) >= 11 is 0. The number of amidine groups is 1. The van der Waals surface area contributed by atoms with Crippen LogP contribution in [0.25, 0.3) is 5.95 Å². The van der Waals surface area contributed by atoms with Gasteiger partial charge in [-0.2, -0.15) is 5.26 Å². The van der Waals surface area contributed by atoms with Crippen molar-refractivity contribution in [1.82, 2.24) is 24.7 Å². The molecule has 2 aromatic carbocycles. The fourth-order valence-corrected chi connectivity index (χ4v) is 3.95. The van der Waals surface area contributed by atoms with Crippen molar-refractivity contribution in [1.29, 1.82) is 10.7 Å². The van der Waals surface area contributed by atoms with E-state index in [0.717, 1.165) is 15.8 Å². The fraction of sp³-hybridized carbons (Fsp3) is 0.200. The van der Waals surface area contributed by atoms with Gasteiger partial charge in [-0.15, -0.1) is 9.78 Å². The van der Waals surface area contributed by atoms with Gasteiger partial charge in [0.15, 0.2) is 11.5 Å². The molecule has 0 bridgehead atoms. The molecule has 0 amide bonds. The Hall–Kier alpha value is -4.98. The first-order valence-corrected chi connectivity index (χ1v) is 11.0. The molecule has 182 valence electrons. The molecule has 4 rings (SSSR count). The van der Waals surface area contributed by atoms with E-state index < -0.39 is 11.6 Å². The molecule has 4 aromatic rings. The molecule has 11 heteroatoms. The Kier molecular flexibility index (Phi) is 7.06. The number of nitriles is 1. The Morgan fingerprint density at radius 1 is 1.19 bits per heavy atom. The molecule has 0 aliphatic carbocycles. The van der Waals surface area contributed by atoms with E-state index in [4.69, 9.17) is 20.6 Å². The normalized spacial score (nSPS) is 11.5. The van der Waals surface area contributed by atoms with Gasteiger partial charge in [0.2, 0.25) is 0 Å². The SMILES string of the molecule is COc1cc(C(Cc2ccc(C(=N)N)cc2)c2nn(-c3ncccn3)c(=O)[nH]2)cc(CC#N)c1OC. The maximum absolute atomic E-state index is 12.8. The predicted molar refractivity (Wildman–Crippen MR) is 132 cm³/mol. The first-order valence-electron chi connectivity index (χ1n) is 11.0. The summed E-state index contributed by atoms with van der Waals surface area (Å²) in [7, 11) is 3.04. The molecule has 2 aromatic heterocycles. The minimum Gasteiger partial charge on any atom is -0.493 e. The quantitative estimate of drug-likeness (QED) is 0.240. The average molecular weight is 485 g/mol. The minimum atomic E-state index is -0.481. The summed E-state index contributed by atoms with van der Waals surface area (Å²) < 4.78 is 12.2. The van der Waals surface area contributed by atoms with E-state index in [0.29, 0.717) is 34.9 Å². The number of rotatable bonds is 9. The Bertz CT molecular complexity index is 1470. The number of nitrogens with zero attached hydrogens (tertiary/aromatic N) is 5. The molecule has 0 saturated carbocycles. The Morgan fingerprint density at radius 3 is 2.53 bits per heavy atom. The number of benzene rings is 2. The highest BCUT2D eigenvalue weighted by Crippen LogP contribution is 2.37. The zero-order valence-electron chi connectivity index (χ0n) is 19.7. The molecule has 0 spiro atoms. The summed E-state index contributed by atoms with van der Waals surface area (Å²) in [5, 5.41) is 21.5. The fourth-order valence-electron chi connectivity index (χ4n) is 3.95. The van der Waals surface area contributed by atoms with Gasteiger partial charge in [0, 0.05) is 29.4 Å². The third kappa shape index (κ3) is 4.92. The molecular weight excluding hydrogens is 460 g/mol. The van der Waals surface area contributed by atoms with E-state index in [1.165, 1.54) is 26.6 Å². The lowest BCUT2D eigenvalue weighted by molar-refractivity contribution is 0.351. The van der Waals surface area contributed by atoms with Gasteiger partial charge in [-0.1, -0.05) is 30.3 Å². The number of H-pyrrole nitrogens is 1. The second-order valence-electron chi connectivity index (χ2n) is 7.89. The second kappa shape index (κ2) is 10.5. The van der Waals surface area contributed by atoms with Crippen molar-refractivity contribution in [2.24, 2.45) is 5.73 Å². The highest BCUT2D eigenvalue weighted by Gasteiger charge is 2.24. The molecule has 2 heterocycles. The van der Waals surface area contributed by atoms with E-state index in [1.807, 2.05) is 24.3 Å². The first-order chi connectivity index (χ1) is 17.4. The Balaban J connectivity index is 1.85. The largest absolute Gasteiger partial charge is 0.493 e. The summed E-state index contributed by atoms with van der Waals surface area (Å²) in [6, 6.07) is 14.7. The van der Waals surface area contributed by atoms with Crippen LogP contribution in [0.3, 0.4) is 0 Å². The van der Waals surface area contributed by atoms with Crippen LogP contribution in [0.2, 0.25) is 0 Å². The minimum absolute atomic E-state index is 0.0231. The number of nitrogen functional groups attached to an aromatic ring is 1. The molecule has 0 radical (unpaired) electrons. The number of ether oxygens (including phenoxy) is 2. The first kappa shape index (κ1) is 24.2. The van der Waals surface area contributed by atoms with E-state index in [1.54, 1.807) is 18.2 Å². The topological polar surface area (TPSA) is 169 Å². The summed E-state index contributed by atoms with van der Waals surface area (Å²) in [6.45, 7) is 0. The van der Waals surface area contributed by atoms with Gasteiger partial charge >= 0.3 is 5.69 Å². The van der Waals surface area contributed by atoms with E-state index >= 15 is 0 Å². The van der Waals surface area contributed by atoms with E-state index in [-0.39, 0.29) is 18.2 Å². The molecule has 0 aliphatic rings. The maximum atomic E-state index is 12.8. The third-order valence-electron chi connectivity index (χ3n) is 5.66. The highest BCUT2D eigenvalue weighted by molar-refractivity contribution is 5.94. The summed E-state index contributed by atoms with van der Waals surface area (Å²) in [4.78, 5) is 23.9. The number of methoxy groups -OCH3 is 2. The van der Waals surface area contributed by atoms with Crippen molar-refractivity contribution in [2.45, 2.75) is 18.8 Å². The van der Waals surface area contributed by atoms with Crippen molar-refractivity contribution < 1.29 is 9.47 Å². The summed E-state index contributed by atoms with van der Waals surface area (Å²) in [5.41, 5.74) is 8.06. The molecule has 4 N–H and O–H groups in total. The van der Waals surface area contributed by atoms with Gasteiger partial charge in [0.1, 0.15) is 11.7 Å². The number of aromatic amines is 1. The van der Waals surface area contributed by atoms with E-state index in [2.05, 4.69) is 26.1 Å². The van der Waals surface area contributed by atoms with Gasteiger partial charge in [-0.05, 0) is 29.7 Å². The third-order valence-corrected chi connectivity index (χ3v) is 5.66. The number of aromatic nitrogens is 5. The van der Waals surface area contributed by atoms with Crippen molar-refractivity contribution in [3.8, 4) is 23.5 Å². The zero-order chi connectivity index (χ0) is 25.7. The summed E-state index contributed by atoms with van der Waals surface area (Å²) in [5.74, 6) is 1.02. The Labute approximate surface area is 206 Å². The molecule has 36 heavy (non-hydrogen) atoms. The van der Waals surface area contributed by atoms with Gasteiger partial charge in [0.25, 0.3) is 5.95 Å². The molecule has 0 fully saturated rings. The second-order valence-corrected chi connectivity index (χ2v) is 7.89. The summed E-state index contributed by atoms with van der Waals surface area (Å²) in [6.07, 6.45) is 3.61. The van der Waals surface area contributed by atoms with Crippen LogP contribution >= 0.6 is 0 Å². The molecular formula is C25H24N8O3. The maximum Gasteiger partial charge on any atom is 0.350 e. The number of nitrogens with one attached hydrogen (secondary N) is 2. The molecule has 1 unspecified atom stereocenters. The van der Waals surface area contributed by atoms with Crippen molar-refractivity contribution in [3.05, 3.63) is 93.4 Å². The highest BCUT2D eigenvalue weighted by atomic mass is 16.5. The predicted octanol–water partition coefficient (Wildman–Crippen LogP) is 2.09. The number of hydrogen-bond donors (Lipinski definition) is 3. The van der Waals surface area contributed by atoms with Gasteiger partial charge in [-0.25, -0.2) is 14.8 Å². The van der Waals surface area contributed by atoms with Crippen LogP contribution in [0.15, 0.2) is 59.7 Å². The monoisotopic (exact) mass is 484 g/mol. The van der Waals surface area contributed by atoms with Crippen molar-refractivity contribution >= 4 is 5.84 Å². The zero-order valence-corrected chi connectivity index (χ0v) is 19.7. The van der Waals surface area contributed by atoms with Crippen LogP contribution in [-0.2, 0) is 12.8 Å². The standard InChI is InChI=1S/C25H24N8O3/c1-35-20-14-18(13-17(8-9-26)21(20)36-2)19(12-15-4-6-16(7-5-15)22(27)28)23-31-25(34)33(32-23)24-29-10-3-11-30-24/h3-7,10-11,13-14,19H,8,12H2,1-2H3,(H3,27,28)(H,31,32,34). The van der Waals surface area contributed by atoms with Crippen molar-refractivity contribution in [2.75, 3.05) is 14.2 Å². The van der Waals surface area contributed by atoms with Crippen LogP contribution < -0.4 is 20.9 Å². The van der Waals surface area contributed by atoms with Crippen molar-refractivity contribution in [3.63, 3.8) is 0 Å². The van der Waals surface area contributed by atoms with Crippen LogP contribution in [-0.4, -0.2) is 44.8 Å². The number of hydrogen-bond acceptors (Lipinski definition) is 8. The molecule has 1 atom stereocenters. The van der Waals surface area contributed by atoms with Crippen LogP contribution in [0.1, 0.15) is 34.0 Å². The van der Waals surface area contributed by atoms with Crippen LogP contribution in [0.5, 0.6) is 11.5 Å². The smallest absolute Gasteiger partial charge is 0.350 e. The lowest BCUT2D eigenvalue weighted by Gasteiger charge is -2.19. The average Bonchev–Trinajstić information content (AvgIpc) is 3.28. The molecule has 0 aliphatic heterocycles.